The summed E-state index contributed by atoms with van der Waals surface area (Å²) in [5, 5.41) is 0. The fourth-order valence-corrected chi connectivity index (χ4v) is 3.46. The molecule has 0 aromatic carbocycles. The Morgan fingerprint density at radius 2 is 2.20 bits per heavy atom. The topological polar surface area (TPSA) is 49.6 Å². The number of nitrogens with zero attached hydrogens (tertiary/aromatic N) is 2. The summed E-state index contributed by atoms with van der Waals surface area (Å²) >= 11 is 0. The van der Waals surface area contributed by atoms with Gasteiger partial charge < -0.3 is 10.6 Å². The molecule has 2 aliphatic carbocycles. The van der Waals surface area contributed by atoms with E-state index in [-0.39, 0.29) is 6.04 Å². The molecule has 0 bridgehead atoms. The number of hydrogen-bond acceptors (Lipinski definition) is 3. The zero-order valence-corrected chi connectivity index (χ0v) is 12.6. The zero-order valence-electron chi connectivity index (χ0n) is 12.6. The molecule has 1 heterocycles. The van der Waals surface area contributed by atoms with Crippen molar-refractivity contribution in [2.45, 2.75) is 57.5 Å². The van der Waals surface area contributed by atoms with Crippen LogP contribution in [-0.4, -0.2) is 47.4 Å². The van der Waals surface area contributed by atoms with Gasteiger partial charge in [0.2, 0.25) is 5.91 Å². The Balaban J connectivity index is 1.63. The lowest BCUT2D eigenvalue weighted by molar-refractivity contribution is -0.131. The van der Waals surface area contributed by atoms with E-state index >= 15 is 0 Å². The third-order valence-corrected chi connectivity index (χ3v) is 4.86. The van der Waals surface area contributed by atoms with E-state index in [2.05, 4.69) is 22.8 Å². The number of carbonyl (C=O) groups is 1. The van der Waals surface area contributed by atoms with Gasteiger partial charge in [-0.05, 0) is 44.4 Å². The van der Waals surface area contributed by atoms with E-state index in [0.717, 1.165) is 25.9 Å². The van der Waals surface area contributed by atoms with Gasteiger partial charge in [-0.25, -0.2) is 0 Å². The highest BCUT2D eigenvalue weighted by Crippen LogP contribution is 2.34. The summed E-state index contributed by atoms with van der Waals surface area (Å²) in [6.07, 6.45) is 9.37. The van der Waals surface area contributed by atoms with E-state index in [1.54, 1.807) is 0 Å². The van der Waals surface area contributed by atoms with Gasteiger partial charge in [0.05, 0.1) is 6.54 Å². The van der Waals surface area contributed by atoms with E-state index in [1.807, 2.05) is 0 Å². The van der Waals surface area contributed by atoms with E-state index in [0.29, 0.717) is 24.4 Å². The molecule has 0 spiro atoms. The number of allylic oxidation sites excluding steroid dienone is 2. The van der Waals surface area contributed by atoms with Crippen molar-refractivity contribution >= 4 is 5.91 Å². The Labute approximate surface area is 122 Å². The Bertz CT molecular complexity index is 393. The molecule has 0 aromatic rings. The van der Waals surface area contributed by atoms with Crippen molar-refractivity contribution < 1.29 is 4.79 Å². The van der Waals surface area contributed by atoms with Crippen LogP contribution in [0.15, 0.2) is 11.8 Å². The van der Waals surface area contributed by atoms with Crippen LogP contribution >= 0.6 is 0 Å². The standard InChI is InChI=1S/C16H27N3O/c1-12-9-18(10-15(12)17)11-16(20)19(14-7-8-14)13-5-3-2-4-6-13/h5,12,14-15H,2-4,6-11,17H2,1H3. The van der Waals surface area contributed by atoms with Crippen molar-refractivity contribution in [1.82, 2.24) is 9.80 Å². The molecule has 2 unspecified atom stereocenters. The fourth-order valence-electron chi connectivity index (χ4n) is 3.46. The maximum Gasteiger partial charge on any atom is 0.241 e. The molecular weight excluding hydrogens is 250 g/mol. The summed E-state index contributed by atoms with van der Waals surface area (Å²) in [5.41, 5.74) is 7.35. The number of nitrogens with two attached hydrogens (primary N) is 1. The van der Waals surface area contributed by atoms with Gasteiger partial charge in [-0.1, -0.05) is 13.0 Å². The molecule has 4 heteroatoms. The predicted molar refractivity (Wildman–Crippen MR) is 80.0 cm³/mol. The average Bonchev–Trinajstić information content (AvgIpc) is 3.19. The second kappa shape index (κ2) is 5.86. The lowest BCUT2D eigenvalue weighted by atomic mass is 10.0. The molecule has 1 aliphatic heterocycles. The lowest BCUT2D eigenvalue weighted by Crippen LogP contribution is -2.41. The molecule has 3 rings (SSSR count). The Hall–Kier alpha value is -0.870. The van der Waals surface area contributed by atoms with E-state index < -0.39 is 0 Å². The van der Waals surface area contributed by atoms with Crippen LogP contribution in [-0.2, 0) is 4.79 Å². The molecule has 0 radical (unpaired) electrons. The van der Waals surface area contributed by atoms with Gasteiger partial charge in [-0.2, -0.15) is 0 Å². The summed E-state index contributed by atoms with van der Waals surface area (Å²) in [5.74, 6) is 0.799. The van der Waals surface area contributed by atoms with Gasteiger partial charge in [-0.3, -0.25) is 9.69 Å². The molecule has 20 heavy (non-hydrogen) atoms. The Morgan fingerprint density at radius 1 is 1.40 bits per heavy atom. The van der Waals surface area contributed by atoms with Crippen LogP contribution in [0.1, 0.15) is 45.4 Å². The van der Waals surface area contributed by atoms with Crippen LogP contribution in [0.25, 0.3) is 0 Å². The number of amides is 1. The zero-order chi connectivity index (χ0) is 14.1. The summed E-state index contributed by atoms with van der Waals surface area (Å²) in [6, 6.07) is 0.714. The SMILES string of the molecule is CC1CN(CC(=O)N(C2=CCCCC2)C2CC2)CC1N. The van der Waals surface area contributed by atoms with Crippen molar-refractivity contribution in [1.29, 1.82) is 0 Å². The maximum absolute atomic E-state index is 12.7. The molecule has 1 saturated heterocycles. The largest absolute Gasteiger partial charge is 0.326 e. The second-order valence-corrected chi connectivity index (χ2v) is 6.77. The molecule has 4 nitrogen and oxygen atoms in total. The molecule has 0 aromatic heterocycles. The predicted octanol–water partition coefficient (Wildman–Crippen LogP) is 1.71. The average molecular weight is 277 g/mol. The van der Waals surface area contributed by atoms with Crippen LogP contribution in [0.5, 0.6) is 0 Å². The summed E-state index contributed by atoms with van der Waals surface area (Å²) in [7, 11) is 0. The summed E-state index contributed by atoms with van der Waals surface area (Å²) < 4.78 is 0. The Kier molecular flexibility index (Phi) is 4.13. The minimum Gasteiger partial charge on any atom is -0.326 e. The normalized spacial score (nSPS) is 31.2. The highest BCUT2D eigenvalue weighted by atomic mass is 16.2. The van der Waals surface area contributed by atoms with Gasteiger partial charge >= 0.3 is 0 Å². The van der Waals surface area contributed by atoms with Crippen LogP contribution in [0, 0.1) is 5.92 Å². The minimum atomic E-state index is 0.228. The number of carbonyl (C=O) groups excluding carboxylic acids is 1. The minimum absolute atomic E-state index is 0.228. The van der Waals surface area contributed by atoms with Crippen LogP contribution in [0.4, 0.5) is 0 Å². The third-order valence-electron chi connectivity index (χ3n) is 4.86. The molecule has 2 fully saturated rings. The van der Waals surface area contributed by atoms with E-state index in [9.17, 15) is 4.79 Å². The highest BCUT2D eigenvalue weighted by Gasteiger charge is 2.36. The van der Waals surface area contributed by atoms with Gasteiger partial charge in [0, 0.05) is 30.9 Å². The van der Waals surface area contributed by atoms with E-state index in [1.165, 1.54) is 31.4 Å². The summed E-state index contributed by atoms with van der Waals surface area (Å²) in [4.78, 5) is 17.0. The Morgan fingerprint density at radius 3 is 2.75 bits per heavy atom. The number of likely N-dealkylation sites (tertiary alicyclic amines) is 1. The highest BCUT2D eigenvalue weighted by molar-refractivity contribution is 5.81. The lowest BCUT2D eigenvalue weighted by Gasteiger charge is -2.29. The maximum atomic E-state index is 12.7. The third kappa shape index (κ3) is 3.07. The van der Waals surface area contributed by atoms with Gasteiger partial charge in [0.15, 0.2) is 0 Å². The first-order chi connectivity index (χ1) is 9.65. The van der Waals surface area contributed by atoms with Crippen LogP contribution in [0.3, 0.4) is 0 Å². The first kappa shape index (κ1) is 14.1. The molecule has 3 aliphatic rings. The van der Waals surface area contributed by atoms with Crippen molar-refractivity contribution in [3.63, 3.8) is 0 Å². The molecular formula is C16H27N3O. The first-order valence-electron chi connectivity index (χ1n) is 8.14. The molecule has 2 atom stereocenters. The van der Waals surface area contributed by atoms with Crippen LogP contribution < -0.4 is 5.73 Å². The van der Waals surface area contributed by atoms with Gasteiger partial charge in [0.25, 0.3) is 0 Å². The summed E-state index contributed by atoms with van der Waals surface area (Å²) in [6.45, 7) is 4.55. The van der Waals surface area contributed by atoms with E-state index in [4.69, 9.17) is 5.73 Å². The molecule has 1 saturated carbocycles. The number of hydrogen-bond donors (Lipinski definition) is 1. The first-order valence-corrected chi connectivity index (χ1v) is 8.14. The smallest absolute Gasteiger partial charge is 0.241 e. The van der Waals surface area contributed by atoms with Gasteiger partial charge in [-0.15, -0.1) is 0 Å². The van der Waals surface area contributed by atoms with Crippen molar-refractivity contribution in [3.8, 4) is 0 Å². The van der Waals surface area contributed by atoms with Crippen molar-refractivity contribution in [2.24, 2.45) is 11.7 Å². The molecule has 2 N–H and O–H groups in total. The van der Waals surface area contributed by atoms with Crippen molar-refractivity contribution in [2.75, 3.05) is 19.6 Å². The molecule has 1 amide bonds. The second-order valence-electron chi connectivity index (χ2n) is 6.77. The van der Waals surface area contributed by atoms with Gasteiger partial charge in [0.1, 0.15) is 0 Å². The van der Waals surface area contributed by atoms with Crippen molar-refractivity contribution in [3.05, 3.63) is 11.8 Å². The monoisotopic (exact) mass is 277 g/mol. The fraction of sp³-hybridized carbons (Fsp3) is 0.812. The van der Waals surface area contributed by atoms with Crippen LogP contribution in [0.2, 0.25) is 0 Å². The quantitative estimate of drug-likeness (QED) is 0.851. The number of rotatable bonds is 4. The molecule has 112 valence electrons.